The third-order valence-electron chi connectivity index (χ3n) is 4.85. The van der Waals surface area contributed by atoms with E-state index in [9.17, 15) is 9.59 Å². The van der Waals surface area contributed by atoms with Gasteiger partial charge >= 0.3 is 0 Å². The molecule has 26 heavy (non-hydrogen) atoms. The Labute approximate surface area is 161 Å². The summed E-state index contributed by atoms with van der Waals surface area (Å²) in [5.41, 5.74) is 3.57. The van der Waals surface area contributed by atoms with Gasteiger partial charge in [-0.3, -0.25) is 9.59 Å². The predicted molar refractivity (Wildman–Crippen MR) is 106 cm³/mol. The molecule has 2 amide bonds. The average Bonchev–Trinajstić information content (AvgIpc) is 3.03. The van der Waals surface area contributed by atoms with E-state index in [1.54, 1.807) is 12.0 Å². The SMILES string of the molecule is COc1ccccc1N1C[C@@H](C(=O)Nc2ccc(Br)c(C)c2C)CC1=O. The third-order valence-corrected chi connectivity index (χ3v) is 5.71. The van der Waals surface area contributed by atoms with Crippen molar-refractivity contribution in [2.75, 3.05) is 23.9 Å². The van der Waals surface area contributed by atoms with Crippen molar-refractivity contribution < 1.29 is 14.3 Å². The molecule has 0 aliphatic carbocycles. The first-order valence-corrected chi connectivity index (χ1v) is 9.21. The molecule has 0 bridgehead atoms. The molecule has 3 rings (SSSR count). The van der Waals surface area contributed by atoms with Crippen molar-refractivity contribution in [2.45, 2.75) is 20.3 Å². The summed E-state index contributed by atoms with van der Waals surface area (Å²) in [6.45, 7) is 4.31. The minimum atomic E-state index is -0.393. The first-order chi connectivity index (χ1) is 12.4. The van der Waals surface area contributed by atoms with Crippen molar-refractivity contribution in [1.29, 1.82) is 0 Å². The fraction of sp³-hybridized carbons (Fsp3) is 0.300. The van der Waals surface area contributed by atoms with E-state index in [-0.39, 0.29) is 18.2 Å². The van der Waals surface area contributed by atoms with Gasteiger partial charge in [0.05, 0.1) is 18.7 Å². The summed E-state index contributed by atoms with van der Waals surface area (Å²) in [6, 6.07) is 11.1. The molecule has 0 aromatic heterocycles. The van der Waals surface area contributed by atoms with Crippen LogP contribution in [-0.2, 0) is 9.59 Å². The van der Waals surface area contributed by atoms with Crippen molar-refractivity contribution in [1.82, 2.24) is 0 Å². The van der Waals surface area contributed by atoms with Gasteiger partial charge < -0.3 is 15.0 Å². The molecular formula is C20H21BrN2O3. The van der Waals surface area contributed by atoms with Crippen LogP contribution in [0.5, 0.6) is 5.75 Å². The smallest absolute Gasteiger partial charge is 0.229 e. The standard InChI is InChI=1S/C20H21BrN2O3/c1-12-13(2)16(9-8-15(12)21)22-20(25)14-10-19(24)23(11-14)17-6-4-5-7-18(17)26-3/h4-9,14H,10-11H2,1-3H3,(H,22,25)/t14-/m0/s1. The fourth-order valence-electron chi connectivity index (χ4n) is 3.13. The first kappa shape index (κ1) is 18.5. The van der Waals surface area contributed by atoms with Gasteiger partial charge in [-0.05, 0) is 49.2 Å². The summed E-state index contributed by atoms with van der Waals surface area (Å²) < 4.78 is 6.34. The Hall–Kier alpha value is -2.34. The molecule has 0 spiro atoms. The number of methoxy groups -OCH3 is 1. The van der Waals surface area contributed by atoms with E-state index in [0.29, 0.717) is 18.0 Å². The zero-order valence-corrected chi connectivity index (χ0v) is 16.6. The molecule has 0 saturated carbocycles. The monoisotopic (exact) mass is 416 g/mol. The summed E-state index contributed by atoms with van der Waals surface area (Å²) >= 11 is 3.49. The lowest BCUT2D eigenvalue weighted by molar-refractivity contribution is -0.122. The largest absolute Gasteiger partial charge is 0.495 e. The number of carbonyl (C=O) groups excluding carboxylic acids is 2. The quantitative estimate of drug-likeness (QED) is 0.816. The topological polar surface area (TPSA) is 58.6 Å². The second kappa shape index (κ2) is 7.50. The number of carbonyl (C=O) groups is 2. The van der Waals surface area contributed by atoms with Crippen LogP contribution in [0, 0.1) is 19.8 Å². The fourth-order valence-corrected chi connectivity index (χ4v) is 3.56. The minimum Gasteiger partial charge on any atom is -0.495 e. The number of hydrogen-bond donors (Lipinski definition) is 1. The predicted octanol–water partition coefficient (Wildman–Crippen LogP) is 4.07. The third kappa shape index (κ3) is 3.46. The highest BCUT2D eigenvalue weighted by molar-refractivity contribution is 9.10. The Morgan fingerprint density at radius 2 is 1.92 bits per heavy atom. The number of benzene rings is 2. The van der Waals surface area contributed by atoms with Gasteiger partial charge in [-0.1, -0.05) is 28.1 Å². The van der Waals surface area contributed by atoms with Crippen molar-refractivity contribution in [3.8, 4) is 5.75 Å². The van der Waals surface area contributed by atoms with Gasteiger partial charge in [-0.2, -0.15) is 0 Å². The van der Waals surface area contributed by atoms with Crippen LogP contribution in [0.25, 0.3) is 0 Å². The highest BCUT2D eigenvalue weighted by Gasteiger charge is 2.36. The first-order valence-electron chi connectivity index (χ1n) is 8.42. The number of anilines is 2. The Kier molecular flexibility index (Phi) is 5.32. The lowest BCUT2D eigenvalue weighted by Crippen LogP contribution is -2.28. The molecule has 1 fully saturated rings. The molecule has 136 valence electrons. The maximum Gasteiger partial charge on any atom is 0.229 e. The van der Waals surface area contributed by atoms with Crippen molar-refractivity contribution in [3.63, 3.8) is 0 Å². The summed E-state index contributed by atoms with van der Waals surface area (Å²) in [4.78, 5) is 26.8. The normalized spacial score (nSPS) is 16.7. The summed E-state index contributed by atoms with van der Waals surface area (Å²) in [6.07, 6.45) is 0.193. The van der Waals surface area contributed by atoms with Crippen LogP contribution in [0.2, 0.25) is 0 Å². The van der Waals surface area contributed by atoms with Crippen molar-refractivity contribution >= 4 is 39.1 Å². The lowest BCUT2D eigenvalue weighted by Gasteiger charge is -2.19. The van der Waals surface area contributed by atoms with E-state index in [1.165, 1.54) is 0 Å². The summed E-state index contributed by atoms with van der Waals surface area (Å²) in [5.74, 6) is 0.0241. The zero-order valence-electron chi connectivity index (χ0n) is 15.0. The number of nitrogens with zero attached hydrogens (tertiary/aromatic N) is 1. The Morgan fingerprint density at radius 3 is 2.65 bits per heavy atom. The van der Waals surface area contributed by atoms with Crippen LogP contribution in [0.3, 0.4) is 0 Å². The number of rotatable bonds is 4. The van der Waals surface area contributed by atoms with E-state index in [2.05, 4.69) is 21.2 Å². The molecule has 1 atom stereocenters. The Balaban J connectivity index is 1.76. The Bertz CT molecular complexity index is 866. The van der Waals surface area contributed by atoms with Crippen LogP contribution in [0.15, 0.2) is 40.9 Å². The highest BCUT2D eigenvalue weighted by Crippen LogP contribution is 2.33. The van der Waals surface area contributed by atoms with E-state index in [4.69, 9.17) is 4.74 Å². The molecule has 1 saturated heterocycles. The van der Waals surface area contributed by atoms with Gasteiger partial charge in [-0.25, -0.2) is 0 Å². The van der Waals surface area contributed by atoms with Gasteiger partial charge in [0.25, 0.3) is 0 Å². The molecule has 2 aromatic carbocycles. The van der Waals surface area contributed by atoms with E-state index in [1.807, 2.05) is 50.2 Å². The summed E-state index contributed by atoms with van der Waals surface area (Å²) in [7, 11) is 1.57. The highest BCUT2D eigenvalue weighted by atomic mass is 79.9. The molecule has 1 aliphatic heterocycles. The van der Waals surface area contributed by atoms with Gasteiger partial charge in [-0.15, -0.1) is 0 Å². The maximum absolute atomic E-state index is 12.7. The molecule has 2 aromatic rings. The van der Waals surface area contributed by atoms with Crippen molar-refractivity contribution in [2.24, 2.45) is 5.92 Å². The van der Waals surface area contributed by atoms with Crippen LogP contribution in [0.4, 0.5) is 11.4 Å². The number of nitrogens with one attached hydrogen (secondary N) is 1. The minimum absolute atomic E-state index is 0.0710. The van der Waals surface area contributed by atoms with Gasteiger partial charge in [0.1, 0.15) is 5.75 Å². The second-order valence-electron chi connectivity index (χ2n) is 6.41. The van der Waals surface area contributed by atoms with Crippen LogP contribution in [-0.4, -0.2) is 25.5 Å². The zero-order chi connectivity index (χ0) is 18.8. The lowest BCUT2D eigenvalue weighted by atomic mass is 10.1. The molecule has 1 N–H and O–H groups in total. The number of halogens is 1. The van der Waals surface area contributed by atoms with Crippen LogP contribution < -0.4 is 15.0 Å². The molecular weight excluding hydrogens is 396 g/mol. The molecule has 6 heteroatoms. The van der Waals surface area contributed by atoms with Gasteiger partial charge in [0.15, 0.2) is 0 Å². The number of para-hydroxylation sites is 2. The summed E-state index contributed by atoms with van der Waals surface area (Å²) in [5, 5.41) is 2.97. The molecule has 1 heterocycles. The van der Waals surface area contributed by atoms with Gasteiger partial charge in [0, 0.05) is 23.1 Å². The van der Waals surface area contributed by atoms with Crippen molar-refractivity contribution in [3.05, 3.63) is 52.0 Å². The maximum atomic E-state index is 12.7. The van der Waals surface area contributed by atoms with Crippen LogP contribution >= 0.6 is 15.9 Å². The second-order valence-corrected chi connectivity index (χ2v) is 7.27. The van der Waals surface area contributed by atoms with E-state index >= 15 is 0 Å². The van der Waals surface area contributed by atoms with E-state index in [0.717, 1.165) is 21.3 Å². The number of hydrogen-bond acceptors (Lipinski definition) is 3. The molecule has 0 radical (unpaired) electrons. The Morgan fingerprint density at radius 1 is 1.19 bits per heavy atom. The molecule has 0 unspecified atom stereocenters. The van der Waals surface area contributed by atoms with Gasteiger partial charge in [0.2, 0.25) is 11.8 Å². The molecule has 5 nitrogen and oxygen atoms in total. The average molecular weight is 417 g/mol. The molecule has 1 aliphatic rings. The number of ether oxygens (including phenoxy) is 1. The van der Waals surface area contributed by atoms with Crippen LogP contribution in [0.1, 0.15) is 17.5 Å². The van der Waals surface area contributed by atoms with E-state index < -0.39 is 5.92 Å². The number of amides is 2.